The fourth-order valence-corrected chi connectivity index (χ4v) is 2.77. The number of nitrogens with zero attached hydrogens (tertiary/aromatic N) is 1. The molecule has 128 valence electrons. The molecular formula is C17H25FN2O3. The van der Waals surface area contributed by atoms with E-state index in [1.54, 1.807) is 0 Å². The van der Waals surface area contributed by atoms with Gasteiger partial charge in [-0.15, -0.1) is 0 Å². The van der Waals surface area contributed by atoms with Crippen molar-refractivity contribution in [3.05, 3.63) is 29.6 Å². The summed E-state index contributed by atoms with van der Waals surface area (Å²) in [6, 6.07) is 3.78. The molecule has 1 saturated heterocycles. The molecule has 0 aromatic heterocycles. The molecule has 5 nitrogen and oxygen atoms in total. The smallest absolute Gasteiger partial charge is 0.255 e. The molecule has 23 heavy (non-hydrogen) atoms. The summed E-state index contributed by atoms with van der Waals surface area (Å²) in [5.41, 5.74) is 0.131. The number of ether oxygens (including phenoxy) is 1. The van der Waals surface area contributed by atoms with Crippen molar-refractivity contribution in [3.63, 3.8) is 0 Å². The molecule has 1 aromatic rings. The molecule has 1 heterocycles. The number of amides is 1. The number of hydrogen-bond acceptors (Lipinski definition) is 4. The fraction of sp³-hybridized carbons (Fsp3) is 0.588. The zero-order valence-electron chi connectivity index (χ0n) is 13.7. The highest BCUT2D eigenvalue weighted by molar-refractivity contribution is 5.96. The van der Waals surface area contributed by atoms with Crippen LogP contribution >= 0.6 is 0 Å². The molecule has 1 unspecified atom stereocenters. The zero-order chi connectivity index (χ0) is 16.8. The Hall–Kier alpha value is -1.66. The monoisotopic (exact) mass is 324 g/mol. The highest BCUT2D eigenvalue weighted by Gasteiger charge is 2.19. The van der Waals surface area contributed by atoms with Gasteiger partial charge in [-0.1, -0.05) is 6.92 Å². The number of piperidine rings is 1. The largest absolute Gasteiger partial charge is 0.496 e. The number of carbonyl (C=O) groups excluding carboxylic acids is 1. The molecule has 1 fully saturated rings. The van der Waals surface area contributed by atoms with E-state index in [1.165, 1.54) is 19.2 Å². The van der Waals surface area contributed by atoms with Crippen molar-refractivity contribution < 1.29 is 19.0 Å². The Kier molecular flexibility index (Phi) is 6.36. The van der Waals surface area contributed by atoms with Gasteiger partial charge in [0.25, 0.3) is 5.91 Å². The fourth-order valence-electron chi connectivity index (χ4n) is 2.77. The van der Waals surface area contributed by atoms with E-state index in [9.17, 15) is 14.3 Å². The zero-order valence-corrected chi connectivity index (χ0v) is 13.7. The van der Waals surface area contributed by atoms with Crippen LogP contribution in [-0.4, -0.2) is 55.3 Å². The molecule has 0 bridgehead atoms. The summed E-state index contributed by atoms with van der Waals surface area (Å²) in [7, 11) is 1.43. The third-order valence-corrected chi connectivity index (χ3v) is 4.25. The quantitative estimate of drug-likeness (QED) is 0.835. The number of β-amino-alcohol motifs (C(OH)–C–C–N with tert-alkyl or cyclic N) is 1. The van der Waals surface area contributed by atoms with Gasteiger partial charge in [0, 0.05) is 13.1 Å². The van der Waals surface area contributed by atoms with Crippen molar-refractivity contribution in [2.75, 3.05) is 33.3 Å². The molecule has 2 N–H and O–H groups in total. The molecule has 0 radical (unpaired) electrons. The normalized spacial score (nSPS) is 17.7. The molecule has 0 saturated carbocycles. The molecule has 1 aliphatic heterocycles. The lowest BCUT2D eigenvalue weighted by Crippen LogP contribution is -2.43. The number of aliphatic hydroxyl groups is 1. The van der Waals surface area contributed by atoms with Gasteiger partial charge in [0.2, 0.25) is 0 Å². The van der Waals surface area contributed by atoms with Crippen molar-refractivity contribution in [1.82, 2.24) is 10.2 Å². The maximum absolute atomic E-state index is 13.3. The molecule has 1 aromatic carbocycles. The van der Waals surface area contributed by atoms with E-state index in [1.807, 2.05) is 0 Å². The van der Waals surface area contributed by atoms with E-state index in [-0.39, 0.29) is 12.1 Å². The number of likely N-dealkylation sites (tertiary alicyclic amines) is 1. The second-order valence-electron chi connectivity index (χ2n) is 6.19. The van der Waals surface area contributed by atoms with Gasteiger partial charge in [0.05, 0.1) is 18.8 Å². The minimum absolute atomic E-state index is 0.130. The number of benzene rings is 1. The first kappa shape index (κ1) is 17.7. The molecule has 6 heteroatoms. The number of methoxy groups -OCH3 is 1. The molecule has 1 aliphatic rings. The third-order valence-electron chi connectivity index (χ3n) is 4.25. The van der Waals surface area contributed by atoms with Crippen LogP contribution in [0.2, 0.25) is 0 Å². The summed E-state index contributed by atoms with van der Waals surface area (Å²) >= 11 is 0. The van der Waals surface area contributed by atoms with Crippen LogP contribution in [0.5, 0.6) is 5.75 Å². The van der Waals surface area contributed by atoms with Gasteiger partial charge in [-0.3, -0.25) is 4.79 Å². The Labute approximate surface area is 136 Å². The van der Waals surface area contributed by atoms with Gasteiger partial charge in [-0.2, -0.15) is 0 Å². The Morgan fingerprint density at radius 2 is 2.17 bits per heavy atom. The summed E-state index contributed by atoms with van der Waals surface area (Å²) in [5.74, 6) is 0.0959. The summed E-state index contributed by atoms with van der Waals surface area (Å²) < 4.78 is 18.4. The third kappa shape index (κ3) is 5.18. The average Bonchev–Trinajstić information content (AvgIpc) is 2.54. The summed E-state index contributed by atoms with van der Waals surface area (Å²) in [5, 5.41) is 12.7. The molecule has 2 rings (SSSR count). The van der Waals surface area contributed by atoms with Crippen LogP contribution in [0, 0.1) is 11.7 Å². The Morgan fingerprint density at radius 1 is 1.48 bits per heavy atom. The van der Waals surface area contributed by atoms with Crippen LogP contribution in [0.15, 0.2) is 18.2 Å². The lowest BCUT2D eigenvalue weighted by Gasteiger charge is -2.31. The highest BCUT2D eigenvalue weighted by atomic mass is 19.1. The van der Waals surface area contributed by atoms with E-state index in [2.05, 4.69) is 17.1 Å². The van der Waals surface area contributed by atoms with Crippen molar-refractivity contribution >= 4 is 5.91 Å². The number of halogens is 1. The van der Waals surface area contributed by atoms with Gasteiger partial charge in [0.1, 0.15) is 11.6 Å². The predicted octanol–water partition coefficient (Wildman–Crippen LogP) is 1.66. The number of carbonyl (C=O) groups is 1. The van der Waals surface area contributed by atoms with Crippen LogP contribution in [0.1, 0.15) is 30.1 Å². The van der Waals surface area contributed by atoms with Gasteiger partial charge < -0.3 is 20.1 Å². The first-order valence-electron chi connectivity index (χ1n) is 8.01. The van der Waals surface area contributed by atoms with Crippen LogP contribution in [-0.2, 0) is 0 Å². The SMILES string of the molecule is COc1ccc(F)cc1C(=O)NCC(O)CN1CCC(C)CC1. The first-order valence-corrected chi connectivity index (χ1v) is 8.01. The second-order valence-corrected chi connectivity index (χ2v) is 6.19. The average molecular weight is 324 g/mol. The number of aliphatic hydroxyl groups excluding tert-OH is 1. The molecule has 1 amide bonds. The van der Waals surface area contributed by atoms with Crippen LogP contribution in [0.4, 0.5) is 4.39 Å². The van der Waals surface area contributed by atoms with Crippen LogP contribution in [0.3, 0.4) is 0 Å². The van der Waals surface area contributed by atoms with Crippen molar-refractivity contribution in [3.8, 4) is 5.75 Å². The predicted molar refractivity (Wildman–Crippen MR) is 86.1 cm³/mol. The first-order chi connectivity index (χ1) is 11.0. The summed E-state index contributed by atoms with van der Waals surface area (Å²) in [4.78, 5) is 14.3. The van der Waals surface area contributed by atoms with Gasteiger partial charge in [-0.05, 0) is 50.0 Å². The van der Waals surface area contributed by atoms with Gasteiger partial charge in [-0.25, -0.2) is 4.39 Å². The van der Waals surface area contributed by atoms with Gasteiger partial charge >= 0.3 is 0 Å². The van der Waals surface area contributed by atoms with Gasteiger partial charge in [0.15, 0.2) is 0 Å². The van der Waals surface area contributed by atoms with E-state index in [0.717, 1.165) is 37.9 Å². The standard InChI is InChI=1S/C17H25FN2O3/c1-12-5-7-20(8-6-12)11-14(21)10-19-17(22)15-9-13(18)3-4-16(15)23-2/h3-4,9,12,14,21H,5-8,10-11H2,1-2H3,(H,19,22). The van der Waals surface area contributed by atoms with Crippen molar-refractivity contribution in [2.24, 2.45) is 5.92 Å². The minimum Gasteiger partial charge on any atom is -0.496 e. The number of nitrogens with one attached hydrogen (secondary N) is 1. The van der Waals surface area contributed by atoms with Crippen LogP contribution in [0.25, 0.3) is 0 Å². The number of hydrogen-bond donors (Lipinski definition) is 2. The van der Waals surface area contributed by atoms with E-state index in [4.69, 9.17) is 4.74 Å². The maximum Gasteiger partial charge on any atom is 0.255 e. The van der Waals surface area contributed by atoms with E-state index in [0.29, 0.717) is 12.3 Å². The molecule has 1 atom stereocenters. The van der Waals surface area contributed by atoms with Crippen molar-refractivity contribution in [1.29, 1.82) is 0 Å². The lowest BCUT2D eigenvalue weighted by molar-refractivity contribution is 0.0793. The number of rotatable bonds is 6. The molecule has 0 spiro atoms. The Morgan fingerprint density at radius 3 is 2.83 bits per heavy atom. The summed E-state index contributed by atoms with van der Waals surface area (Å²) in [6.45, 7) is 4.85. The van der Waals surface area contributed by atoms with Crippen molar-refractivity contribution in [2.45, 2.75) is 25.9 Å². The highest BCUT2D eigenvalue weighted by Crippen LogP contribution is 2.19. The maximum atomic E-state index is 13.3. The Bertz CT molecular complexity index is 531. The topological polar surface area (TPSA) is 61.8 Å². The van der Waals surface area contributed by atoms with E-state index < -0.39 is 17.8 Å². The second kappa shape index (κ2) is 8.26. The molecule has 0 aliphatic carbocycles. The van der Waals surface area contributed by atoms with Crippen LogP contribution < -0.4 is 10.1 Å². The summed E-state index contributed by atoms with van der Waals surface area (Å²) in [6.07, 6.45) is 1.63. The lowest BCUT2D eigenvalue weighted by atomic mass is 9.99. The Balaban J connectivity index is 1.83. The van der Waals surface area contributed by atoms with E-state index >= 15 is 0 Å². The minimum atomic E-state index is -0.646. The molecular weight excluding hydrogens is 299 g/mol.